The lowest BCUT2D eigenvalue weighted by Crippen LogP contribution is -1.98. The van der Waals surface area contributed by atoms with Crippen LogP contribution >= 0.6 is 23.2 Å². The van der Waals surface area contributed by atoms with Crippen LogP contribution < -0.4 is 9.47 Å². The molecular weight excluding hydrogens is 330 g/mol. The average Bonchev–Trinajstić information content (AvgIpc) is 2.85. The van der Waals surface area contributed by atoms with Gasteiger partial charge in [-0.1, -0.05) is 23.2 Å². The van der Waals surface area contributed by atoms with Gasteiger partial charge in [0.05, 0.1) is 24.9 Å². The Balaban J connectivity index is 2.21. The number of hydrogen-bond donors (Lipinski definition) is 0. The van der Waals surface area contributed by atoms with Gasteiger partial charge in [0, 0.05) is 17.5 Å². The first-order valence-corrected chi connectivity index (χ1v) is 7.06. The van der Waals surface area contributed by atoms with Gasteiger partial charge in [-0.3, -0.25) is 0 Å². The van der Waals surface area contributed by atoms with Crippen LogP contribution in [-0.2, 0) is 0 Å². The highest BCUT2D eigenvalue weighted by molar-refractivity contribution is 6.39. The summed E-state index contributed by atoms with van der Waals surface area (Å²) in [6, 6.07) is 7.83. The van der Waals surface area contributed by atoms with Crippen LogP contribution in [0, 0.1) is 5.82 Å². The van der Waals surface area contributed by atoms with Crippen molar-refractivity contribution in [2.75, 3.05) is 14.2 Å². The first-order valence-electron chi connectivity index (χ1n) is 6.31. The molecule has 1 heterocycles. The average molecular weight is 341 g/mol. The van der Waals surface area contributed by atoms with Crippen molar-refractivity contribution in [3.8, 4) is 17.2 Å². The van der Waals surface area contributed by atoms with E-state index in [1.54, 1.807) is 18.2 Å². The molecule has 22 heavy (non-hydrogen) atoms. The molecule has 0 aliphatic carbocycles. The Kier molecular flexibility index (Phi) is 3.85. The van der Waals surface area contributed by atoms with Gasteiger partial charge in [-0.25, -0.2) is 9.07 Å². The zero-order valence-electron chi connectivity index (χ0n) is 11.7. The maximum atomic E-state index is 13.9. The maximum Gasteiger partial charge on any atom is 0.167 e. The molecule has 3 aromatic rings. The van der Waals surface area contributed by atoms with E-state index in [4.69, 9.17) is 32.7 Å². The molecule has 0 amide bonds. The second kappa shape index (κ2) is 5.66. The zero-order valence-corrected chi connectivity index (χ0v) is 13.2. The van der Waals surface area contributed by atoms with Crippen LogP contribution in [0.4, 0.5) is 4.39 Å². The molecule has 7 heteroatoms. The Morgan fingerprint density at radius 2 is 1.86 bits per heavy atom. The summed E-state index contributed by atoms with van der Waals surface area (Å²) in [7, 11) is 2.94. The predicted octanol–water partition coefficient (Wildman–Crippen LogP) is 4.49. The third-order valence-electron chi connectivity index (χ3n) is 3.26. The Morgan fingerprint density at radius 1 is 1.09 bits per heavy atom. The van der Waals surface area contributed by atoms with Gasteiger partial charge < -0.3 is 9.47 Å². The van der Waals surface area contributed by atoms with Crippen molar-refractivity contribution in [3.63, 3.8) is 0 Å². The van der Waals surface area contributed by atoms with E-state index >= 15 is 0 Å². The molecular formula is C15H11Cl2FN2O2. The topological polar surface area (TPSA) is 36.3 Å². The van der Waals surface area contributed by atoms with Gasteiger partial charge in [0.1, 0.15) is 16.4 Å². The van der Waals surface area contributed by atoms with E-state index in [0.29, 0.717) is 32.5 Å². The van der Waals surface area contributed by atoms with Crippen molar-refractivity contribution >= 4 is 34.1 Å². The Bertz CT molecular complexity index is 864. The van der Waals surface area contributed by atoms with Crippen molar-refractivity contribution in [2.24, 2.45) is 0 Å². The van der Waals surface area contributed by atoms with Crippen molar-refractivity contribution in [3.05, 3.63) is 46.3 Å². The van der Waals surface area contributed by atoms with Crippen LogP contribution in [0.1, 0.15) is 0 Å². The van der Waals surface area contributed by atoms with E-state index in [2.05, 4.69) is 5.10 Å². The number of ether oxygens (including phenoxy) is 2. The van der Waals surface area contributed by atoms with Gasteiger partial charge in [0.15, 0.2) is 11.6 Å². The fraction of sp³-hybridized carbons (Fsp3) is 0.133. The van der Waals surface area contributed by atoms with Crippen LogP contribution in [0.3, 0.4) is 0 Å². The molecule has 0 spiro atoms. The first-order chi connectivity index (χ1) is 10.5. The van der Waals surface area contributed by atoms with E-state index < -0.39 is 5.82 Å². The number of halogens is 3. The number of fused-ring (bicyclic) bond motifs is 1. The Morgan fingerprint density at radius 3 is 2.50 bits per heavy atom. The minimum atomic E-state index is -0.501. The van der Waals surface area contributed by atoms with Gasteiger partial charge >= 0.3 is 0 Å². The fourth-order valence-electron chi connectivity index (χ4n) is 2.17. The standard InChI is InChI=1S/C15H11Cl2FN2O2/c1-21-9-6-10-14(11(16)7-9)19-20(15(10)17)8-3-4-13(22-2)12(18)5-8/h3-7H,1-2H3. The molecule has 0 bridgehead atoms. The number of aromatic nitrogens is 2. The number of methoxy groups -OCH3 is 2. The van der Waals surface area contributed by atoms with Gasteiger partial charge in [0.25, 0.3) is 0 Å². The molecule has 3 rings (SSSR count). The van der Waals surface area contributed by atoms with Gasteiger partial charge in [-0.15, -0.1) is 0 Å². The Labute approximate surface area is 136 Å². The van der Waals surface area contributed by atoms with Crippen LogP contribution in [0.15, 0.2) is 30.3 Å². The monoisotopic (exact) mass is 340 g/mol. The van der Waals surface area contributed by atoms with E-state index in [1.807, 2.05) is 0 Å². The summed E-state index contributed by atoms with van der Waals surface area (Å²) in [6.07, 6.45) is 0. The molecule has 0 saturated carbocycles. The number of rotatable bonds is 3. The van der Waals surface area contributed by atoms with Crippen LogP contribution in [0.25, 0.3) is 16.6 Å². The largest absolute Gasteiger partial charge is 0.497 e. The van der Waals surface area contributed by atoms with Crippen molar-refractivity contribution < 1.29 is 13.9 Å². The number of benzene rings is 2. The van der Waals surface area contributed by atoms with E-state index in [0.717, 1.165) is 0 Å². The molecule has 0 N–H and O–H groups in total. The van der Waals surface area contributed by atoms with Crippen molar-refractivity contribution in [1.82, 2.24) is 9.78 Å². The van der Waals surface area contributed by atoms with Crippen LogP contribution in [0.2, 0.25) is 10.2 Å². The summed E-state index contributed by atoms with van der Waals surface area (Å²) >= 11 is 12.5. The van der Waals surface area contributed by atoms with Crippen molar-refractivity contribution in [2.45, 2.75) is 0 Å². The Hall–Kier alpha value is -1.98. The molecule has 0 saturated heterocycles. The summed E-state index contributed by atoms with van der Waals surface area (Å²) in [5, 5.41) is 5.70. The minimum Gasteiger partial charge on any atom is -0.497 e. The quantitative estimate of drug-likeness (QED) is 0.704. The number of nitrogens with zero attached hydrogens (tertiary/aromatic N) is 2. The lowest BCUT2D eigenvalue weighted by molar-refractivity contribution is 0.386. The van der Waals surface area contributed by atoms with Gasteiger partial charge in [-0.2, -0.15) is 5.10 Å². The second-order valence-corrected chi connectivity index (χ2v) is 5.29. The smallest absolute Gasteiger partial charge is 0.167 e. The molecule has 0 aliphatic heterocycles. The van der Waals surface area contributed by atoms with Gasteiger partial charge in [-0.05, 0) is 18.2 Å². The summed E-state index contributed by atoms with van der Waals surface area (Å²) < 4.78 is 25.3. The highest BCUT2D eigenvalue weighted by atomic mass is 35.5. The molecule has 0 atom stereocenters. The molecule has 0 unspecified atom stereocenters. The lowest BCUT2D eigenvalue weighted by atomic mass is 10.2. The first kappa shape index (κ1) is 14.9. The van der Waals surface area contributed by atoms with Gasteiger partial charge in [0.2, 0.25) is 0 Å². The van der Waals surface area contributed by atoms with Crippen LogP contribution in [-0.4, -0.2) is 24.0 Å². The summed E-state index contributed by atoms with van der Waals surface area (Å²) in [5.74, 6) is 0.218. The summed E-state index contributed by atoms with van der Waals surface area (Å²) in [6.45, 7) is 0. The summed E-state index contributed by atoms with van der Waals surface area (Å²) in [4.78, 5) is 0. The summed E-state index contributed by atoms with van der Waals surface area (Å²) in [5.41, 5.74) is 0.984. The highest BCUT2D eigenvalue weighted by Crippen LogP contribution is 2.34. The third-order valence-corrected chi connectivity index (χ3v) is 3.91. The molecule has 114 valence electrons. The van der Waals surface area contributed by atoms with E-state index in [-0.39, 0.29) is 5.75 Å². The molecule has 0 fully saturated rings. The molecule has 0 radical (unpaired) electrons. The second-order valence-electron chi connectivity index (χ2n) is 4.53. The number of hydrogen-bond acceptors (Lipinski definition) is 3. The molecule has 4 nitrogen and oxygen atoms in total. The SMILES string of the molecule is COc1cc(Cl)c2nn(-c3ccc(OC)c(F)c3)c(Cl)c2c1. The zero-order chi connectivity index (χ0) is 15.9. The molecule has 1 aromatic heterocycles. The molecule has 0 aliphatic rings. The van der Waals surface area contributed by atoms with E-state index in [9.17, 15) is 4.39 Å². The predicted molar refractivity (Wildman–Crippen MR) is 84.2 cm³/mol. The van der Waals surface area contributed by atoms with E-state index in [1.165, 1.54) is 31.0 Å². The molecule has 2 aromatic carbocycles. The maximum absolute atomic E-state index is 13.9. The van der Waals surface area contributed by atoms with Crippen LogP contribution in [0.5, 0.6) is 11.5 Å². The normalized spacial score (nSPS) is 11.0. The lowest BCUT2D eigenvalue weighted by Gasteiger charge is -2.06. The third kappa shape index (κ3) is 2.36. The fourth-order valence-corrected chi connectivity index (χ4v) is 2.69. The van der Waals surface area contributed by atoms with Crippen molar-refractivity contribution in [1.29, 1.82) is 0 Å². The minimum absolute atomic E-state index is 0.149. The highest BCUT2D eigenvalue weighted by Gasteiger charge is 2.16.